The van der Waals surface area contributed by atoms with Crippen LogP contribution in [-0.2, 0) is 0 Å². The summed E-state index contributed by atoms with van der Waals surface area (Å²) in [6.45, 7) is 0. The van der Waals surface area contributed by atoms with E-state index in [0.29, 0.717) is 11.7 Å². The Morgan fingerprint density at radius 1 is 0.566 bits per heavy atom. The topological polar surface area (TPSA) is 38.9 Å². The molecule has 4 aliphatic carbocycles. The van der Waals surface area contributed by atoms with E-state index in [1.54, 1.807) is 0 Å². The van der Waals surface area contributed by atoms with Gasteiger partial charge >= 0.3 is 0 Å². The lowest BCUT2D eigenvalue weighted by Gasteiger charge is -2.36. The van der Waals surface area contributed by atoms with Gasteiger partial charge in [0.15, 0.2) is 5.82 Å². The number of para-hydroxylation sites is 1. The summed E-state index contributed by atoms with van der Waals surface area (Å²) in [4.78, 5) is 10.3. The second-order valence-corrected chi connectivity index (χ2v) is 14.0. The fourth-order valence-electron chi connectivity index (χ4n) is 8.51. The molecule has 0 saturated heterocycles. The summed E-state index contributed by atoms with van der Waals surface area (Å²) in [6.07, 6.45) is 19.4. The Balaban J connectivity index is 1.04. The van der Waals surface area contributed by atoms with Crippen LogP contribution in [0.5, 0.6) is 0 Å². The number of furan rings is 1. The predicted molar refractivity (Wildman–Crippen MR) is 217 cm³/mol. The van der Waals surface area contributed by atoms with E-state index in [2.05, 4.69) is 127 Å². The van der Waals surface area contributed by atoms with E-state index in [0.717, 1.165) is 67.6 Å². The first-order chi connectivity index (χ1) is 26.3. The standard InChI is InChI=1S/C50H32N2O/c1-3-10-33(11-4-1)43-30-44(34-12-5-2-6-13-34)52-50(51-43)42-29-28-39(48-41-16-7-8-17-45(41)53-49(42)48)32-20-18-31(19-21-32)38-26-24-37-23-22-35-14-9-15-36-25-27-40(38)47(37)46(35)36/h1-13,15-30,47H,14H2. The highest BCUT2D eigenvalue weighted by Gasteiger charge is 2.34. The minimum Gasteiger partial charge on any atom is -0.455 e. The molecule has 0 radical (unpaired) electrons. The predicted octanol–water partition coefficient (Wildman–Crippen LogP) is 12.7. The molecule has 1 atom stereocenters. The van der Waals surface area contributed by atoms with Gasteiger partial charge in [0.25, 0.3) is 0 Å². The quantitative estimate of drug-likeness (QED) is 0.182. The lowest BCUT2D eigenvalue weighted by Crippen LogP contribution is -2.21. The summed E-state index contributed by atoms with van der Waals surface area (Å²) >= 11 is 0. The van der Waals surface area contributed by atoms with Crippen LogP contribution >= 0.6 is 0 Å². The number of hydrogen-bond acceptors (Lipinski definition) is 3. The number of nitrogens with zero attached hydrogens (tertiary/aromatic N) is 2. The maximum Gasteiger partial charge on any atom is 0.164 e. The van der Waals surface area contributed by atoms with Crippen LogP contribution < -0.4 is 0 Å². The van der Waals surface area contributed by atoms with Crippen molar-refractivity contribution in [1.82, 2.24) is 9.97 Å². The normalized spacial score (nSPS) is 17.0. The molecule has 0 bridgehead atoms. The summed E-state index contributed by atoms with van der Waals surface area (Å²) in [7, 11) is 0. The number of aromatic nitrogens is 2. The monoisotopic (exact) mass is 676 g/mol. The molecule has 0 amide bonds. The van der Waals surface area contributed by atoms with Gasteiger partial charge in [-0.15, -0.1) is 0 Å². The molecule has 7 aromatic rings. The summed E-state index contributed by atoms with van der Waals surface area (Å²) in [5.74, 6) is 0.934. The van der Waals surface area contributed by atoms with Crippen molar-refractivity contribution in [2.24, 2.45) is 5.92 Å². The van der Waals surface area contributed by atoms with E-state index in [-0.39, 0.29) is 0 Å². The van der Waals surface area contributed by atoms with Crippen LogP contribution in [0.2, 0.25) is 0 Å². The first-order valence-corrected chi connectivity index (χ1v) is 18.2. The van der Waals surface area contributed by atoms with Gasteiger partial charge in [-0.25, -0.2) is 9.97 Å². The van der Waals surface area contributed by atoms with Crippen molar-refractivity contribution in [1.29, 1.82) is 0 Å². The number of benzene rings is 5. The molecule has 2 aromatic heterocycles. The van der Waals surface area contributed by atoms with Gasteiger partial charge in [-0.3, -0.25) is 0 Å². The molecule has 0 saturated carbocycles. The van der Waals surface area contributed by atoms with Gasteiger partial charge in [0, 0.05) is 27.8 Å². The zero-order valence-electron chi connectivity index (χ0n) is 28.8. The highest BCUT2D eigenvalue weighted by Crippen LogP contribution is 2.50. The molecule has 0 aliphatic heterocycles. The van der Waals surface area contributed by atoms with Crippen LogP contribution in [0.15, 0.2) is 208 Å². The Morgan fingerprint density at radius 2 is 1.26 bits per heavy atom. The smallest absolute Gasteiger partial charge is 0.164 e. The minimum atomic E-state index is 0.300. The molecule has 5 aromatic carbocycles. The number of allylic oxidation sites excluding steroid dienone is 14. The molecule has 0 fully saturated rings. The lowest BCUT2D eigenvalue weighted by molar-refractivity contribution is 0.669. The fraction of sp³-hybridized carbons (Fsp3) is 0.0400. The molecule has 0 spiro atoms. The zero-order chi connectivity index (χ0) is 34.9. The summed E-state index contributed by atoms with van der Waals surface area (Å²) in [5.41, 5.74) is 18.1. The average Bonchev–Trinajstić information content (AvgIpc) is 3.63. The van der Waals surface area contributed by atoms with Crippen molar-refractivity contribution in [3.63, 3.8) is 0 Å². The number of hydrogen-bond donors (Lipinski definition) is 0. The first-order valence-electron chi connectivity index (χ1n) is 18.2. The number of rotatable bonds is 5. The van der Waals surface area contributed by atoms with Crippen molar-refractivity contribution in [2.45, 2.75) is 6.42 Å². The Morgan fingerprint density at radius 3 is 2.04 bits per heavy atom. The molecule has 11 rings (SSSR count). The highest BCUT2D eigenvalue weighted by molar-refractivity contribution is 6.16. The first kappa shape index (κ1) is 29.8. The van der Waals surface area contributed by atoms with Crippen molar-refractivity contribution < 1.29 is 4.42 Å². The molecular weight excluding hydrogens is 645 g/mol. The Hall–Kier alpha value is -6.84. The third kappa shape index (κ3) is 4.82. The van der Waals surface area contributed by atoms with Gasteiger partial charge in [-0.2, -0.15) is 0 Å². The van der Waals surface area contributed by atoms with Crippen molar-refractivity contribution in [2.75, 3.05) is 0 Å². The van der Waals surface area contributed by atoms with Gasteiger partial charge in [0.1, 0.15) is 11.2 Å². The average molecular weight is 677 g/mol. The molecule has 4 aliphatic rings. The van der Waals surface area contributed by atoms with E-state index in [4.69, 9.17) is 14.4 Å². The van der Waals surface area contributed by atoms with Crippen molar-refractivity contribution >= 4 is 27.5 Å². The summed E-state index contributed by atoms with van der Waals surface area (Å²) in [6, 6.07) is 44.4. The zero-order valence-corrected chi connectivity index (χ0v) is 28.8. The van der Waals surface area contributed by atoms with Crippen LogP contribution in [0.4, 0.5) is 0 Å². The molecule has 53 heavy (non-hydrogen) atoms. The number of fused-ring (bicyclic) bond motifs is 3. The molecule has 1 unspecified atom stereocenters. The van der Waals surface area contributed by atoms with Gasteiger partial charge in [-0.1, -0.05) is 158 Å². The fourth-order valence-corrected chi connectivity index (χ4v) is 8.51. The van der Waals surface area contributed by atoms with Gasteiger partial charge in [-0.05, 0) is 74.7 Å². The SMILES string of the molecule is C1=CC2=C3C(=CC=C4C=CC(c5ccc(-c6ccc(-c7nc(-c8ccccc8)cc(-c8ccccc8)n7)c7oc8ccccc8c67)cc5)=C(C=C2)C43)C1. The molecular formula is C50H32N2O. The largest absolute Gasteiger partial charge is 0.455 e. The van der Waals surface area contributed by atoms with E-state index in [1.807, 2.05) is 48.5 Å². The molecule has 3 nitrogen and oxygen atoms in total. The molecule has 0 N–H and O–H groups in total. The Bertz CT molecular complexity index is 2820. The van der Waals surface area contributed by atoms with E-state index in [1.165, 1.54) is 39.0 Å². The Kier molecular flexibility index (Phi) is 6.68. The van der Waals surface area contributed by atoms with Gasteiger partial charge in [0.05, 0.1) is 17.0 Å². The maximum absolute atomic E-state index is 6.71. The lowest BCUT2D eigenvalue weighted by atomic mass is 9.67. The van der Waals surface area contributed by atoms with E-state index >= 15 is 0 Å². The second-order valence-electron chi connectivity index (χ2n) is 14.0. The minimum absolute atomic E-state index is 0.300. The molecule has 2 heterocycles. The van der Waals surface area contributed by atoms with Crippen molar-refractivity contribution in [3.05, 3.63) is 209 Å². The van der Waals surface area contributed by atoms with Gasteiger partial charge in [0.2, 0.25) is 0 Å². The van der Waals surface area contributed by atoms with Gasteiger partial charge < -0.3 is 4.42 Å². The third-order valence-electron chi connectivity index (χ3n) is 11.0. The Labute approximate surface area is 307 Å². The molecule has 248 valence electrons. The second kappa shape index (κ2) is 11.9. The maximum atomic E-state index is 6.71. The molecule has 3 heteroatoms. The summed E-state index contributed by atoms with van der Waals surface area (Å²) < 4.78 is 6.71. The highest BCUT2D eigenvalue weighted by atomic mass is 16.3. The van der Waals surface area contributed by atoms with Crippen molar-refractivity contribution in [3.8, 4) is 45.0 Å². The third-order valence-corrected chi connectivity index (χ3v) is 11.0. The van der Waals surface area contributed by atoms with Crippen LogP contribution in [0.25, 0.3) is 72.5 Å². The van der Waals surface area contributed by atoms with E-state index < -0.39 is 0 Å². The summed E-state index contributed by atoms with van der Waals surface area (Å²) in [5, 5.41) is 2.14. The van der Waals surface area contributed by atoms with Crippen LogP contribution in [0, 0.1) is 5.92 Å². The van der Waals surface area contributed by atoms with Crippen LogP contribution in [0.3, 0.4) is 0 Å². The van der Waals surface area contributed by atoms with E-state index in [9.17, 15) is 0 Å². The van der Waals surface area contributed by atoms with Crippen LogP contribution in [0.1, 0.15) is 12.0 Å². The van der Waals surface area contributed by atoms with Crippen LogP contribution in [-0.4, -0.2) is 9.97 Å².